The summed E-state index contributed by atoms with van der Waals surface area (Å²) >= 11 is 0. The Hall–Kier alpha value is -1.37. The molecule has 1 aromatic carbocycles. The van der Waals surface area contributed by atoms with Gasteiger partial charge in [0, 0.05) is 12.2 Å². The van der Waals surface area contributed by atoms with Gasteiger partial charge in [-0.2, -0.15) is 8.78 Å². The van der Waals surface area contributed by atoms with E-state index in [1.807, 2.05) is 0 Å². The van der Waals surface area contributed by atoms with Crippen LogP contribution in [0.5, 0.6) is 0 Å². The highest BCUT2D eigenvalue weighted by Gasteiger charge is 2.36. The van der Waals surface area contributed by atoms with Gasteiger partial charge in [-0.25, -0.2) is 8.42 Å². The SMILES string of the molecule is Nc1ccc2c(c1)N(S(=O)(=O)C(F)F)CC2. The fraction of sp³-hybridized carbons (Fsp3) is 0.333. The number of hydrogen-bond donors (Lipinski definition) is 1. The maximum absolute atomic E-state index is 12.4. The van der Waals surface area contributed by atoms with Crippen molar-refractivity contribution >= 4 is 21.4 Å². The first-order chi connectivity index (χ1) is 7.43. The summed E-state index contributed by atoms with van der Waals surface area (Å²) in [7, 11) is -4.56. The van der Waals surface area contributed by atoms with Gasteiger partial charge >= 0.3 is 5.76 Å². The zero-order chi connectivity index (χ0) is 11.9. The second-order valence-corrected chi connectivity index (χ2v) is 5.34. The van der Waals surface area contributed by atoms with Crippen LogP contribution in [0.2, 0.25) is 0 Å². The summed E-state index contributed by atoms with van der Waals surface area (Å²) in [4.78, 5) is 0. The Kier molecular flexibility index (Phi) is 2.49. The summed E-state index contributed by atoms with van der Waals surface area (Å²) in [6, 6.07) is 4.69. The average Bonchev–Trinajstić information content (AvgIpc) is 2.60. The zero-order valence-corrected chi connectivity index (χ0v) is 9.05. The summed E-state index contributed by atoms with van der Waals surface area (Å²) in [5.41, 5.74) is 6.84. The van der Waals surface area contributed by atoms with E-state index in [9.17, 15) is 17.2 Å². The number of sulfonamides is 1. The van der Waals surface area contributed by atoms with Gasteiger partial charge in [0.25, 0.3) is 10.0 Å². The van der Waals surface area contributed by atoms with E-state index in [4.69, 9.17) is 5.73 Å². The molecule has 0 aliphatic carbocycles. The normalized spacial score (nSPS) is 15.6. The molecule has 0 unspecified atom stereocenters. The Balaban J connectivity index is 2.48. The molecule has 2 rings (SSSR count). The Bertz CT molecular complexity index is 516. The predicted molar refractivity (Wildman–Crippen MR) is 56.8 cm³/mol. The van der Waals surface area contributed by atoms with Crippen LogP contribution in [0.25, 0.3) is 0 Å². The van der Waals surface area contributed by atoms with Gasteiger partial charge in [-0.1, -0.05) is 6.07 Å². The average molecular weight is 248 g/mol. The predicted octanol–water partition coefficient (Wildman–Crippen LogP) is 1.18. The van der Waals surface area contributed by atoms with Crippen LogP contribution >= 0.6 is 0 Å². The smallest absolute Gasteiger partial charge is 0.355 e. The van der Waals surface area contributed by atoms with Crippen LogP contribution in [0.3, 0.4) is 0 Å². The summed E-state index contributed by atoms with van der Waals surface area (Å²) in [5.74, 6) is -3.40. The molecule has 0 spiro atoms. The highest BCUT2D eigenvalue weighted by Crippen LogP contribution is 2.33. The first-order valence-electron chi connectivity index (χ1n) is 4.61. The van der Waals surface area contributed by atoms with Crippen molar-refractivity contribution < 1.29 is 17.2 Å². The lowest BCUT2D eigenvalue weighted by atomic mass is 10.1. The van der Waals surface area contributed by atoms with Crippen molar-refractivity contribution in [2.75, 3.05) is 16.6 Å². The van der Waals surface area contributed by atoms with Crippen LogP contribution in [0.15, 0.2) is 18.2 Å². The lowest BCUT2D eigenvalue weighted by Gasteiger charge is -2.18. The van der Waals surface area contributed by atoms with Crippen LogP contribution in [-0.4, -0.2) is 20.7 Å². The van der Waals surface area contributed by atoms with Crippen molar-refractivity contribution in [1.82, 2.24) is 0 Å². The molecule has 88 valence electrons. The van der Waals surface area contributed by atoms with Gasteiger partial charge < -0.3 is 5.73 Å². The molecule has 1 heterocycles. The second kappa shape index (κ2) is 3.58. The van der Waals surface area contributed by atoms with Crippen LogP contribution in [0.4, 0.5) is 20.2 Å². The molecule has 4 nitrogen and oxygen atoms in total. The summed E-state index contributed by atoms with van der Waals surface area (Å²) in [6.45, 7) is 0.0471. The van der Waals surface area contributed by atoms with Crippen LogP contribution in [0.1, 0.15) is 5.56 Å². The van der Waals surface area contributed by atoms with Gasteiger partial charge in [0.1, 0.15) is 0 Å². The number of rotatable bonds is 2. The summed E-state index contributed by atoms with van der Waals surface area (Å²) in [5, 5.41) is 0. The minimum atomic E-state index is -4.56. The van der Waals surface area contributed by atoms with Gasteiger partial charge in [0.15, 0.2) is 0 Å². The lowest BCUT2D eigenvalue weighted by Crippen LogP contribution is -2.33. The Morgan fingerprint density at radius 3 is 2.69 bits per heavy atom. The van der Waals surface area contributed by atoms with E-state index in [2.05, 4.69) is 0 Å². The number of hydrogen-bond acceptors (Lipinski definition) is 3. The minimum Gasteiger partial charge on any atom is -0.399 e. The molecule has 0 aromatic heterocycles. The number of halogens is 2. The number of fused-ring (bicyclic) bond motifs is 1. The van der Waals surface area contributed by atoms with Crippen molar-refractivity contribution in [2.45, 2.75) is 12.2 Å². The van der Waals surface area contributed by atoms with Gasteiger partial charge in [-0.05, 0) is 24.1 Å². The summed E-state index contributed by atoms with van der Waals surface area (Å²) in [6.07, 6.45) is 0.432. The second-order valence-electron chi connectivity index (χ2n) is 3.52. The van der Waals surface area contributed by atoms with E-state index in [0.717, 1.165) is 9.87 Å². The molecule has 16 heavy (non-hydrogen) atoms. The largest absolute Gasteiger partial charge is 0.399 e. The Labute approximate surface area is 91.7 Å². The molecular weight excluding hydrogens is 238 g/mol. The van der Waals surface area contributed by atoms with E-state index in [-0.39, 0.29) is 12.2 Å². The van der Waals surface area contributed by atoms with Gasteiger partial charge in [-0.15, -0.1) is 0 Å². The van der Waals surface area contributed by atoms with Crippen LogP contribution in [0, 0.1) is 0 Å². The van der Waals surface area contributed by atoms with E-state index in [0.29, 0.717) is 12.1 Å². The number of alkyl halides is 2. The molecule has 7 heteroatoms. The third kappa shape index (κ3) is 1.60. The maximum atomic E-state index is 12.4. The summed E-state index contributed by atoms with van der Waals surface area (Å²) < 4.78 is 48.2. The number of anilines is 2. The van der Waals surface area contributed by atoms with E-state index >= 15 is 0 Å². The Morgan fingerprint density at radius 2 is 2.06 bits per heavy atom. The van der Waals surface area contributed by atoms with E-state index in [1.165, 1.54) is 6.07 Å². The topological polar surface area (TPSA) is 63.4 Å². The number of nitrogens with zero attached hydrogens (tertiary/aromatic N) is 1. The quantitative estimate of drug-likeness (QED) is 0.799. The molecule has 0 amide bonds. The van der Waals surface area contributed by atoms with E-state index < -0.39 is 15.8 Å². The zero-order valence-electron chi connectivity index (χ0n) is 8.23. The maximum Gasteiger partial charge on any atom is 0.355 e. The molecule has 0 radical (unpaired) electrons. The van der Waals surface area contributed by atoms with Crippen molar-refractivity contribution in [3.8, 4) is 0 Å². The molecule has 0 saturated heterocycles. The third-order valence-corrected chi connectivity index (χ3v) is 3.94. The van der Waals surface area contributed by atoms with Crippen LogP contribution < -0.4 is 10.0 Å². The highest BCUT2D eigenvalue weighted by atomic mass is 32.2. The number of nitrogens with two attached hydrogens (primary N) is 1. The molecule has 0 saturated carbocycles. The molecule has 2 N–H and O–H groups in total. The van der Waals surface area contributed by atoms with Crippen molar-refractivity contribution in [3.63, 3.8) is 0 Å². The fourth-order valence-electron chi connectivity index (χ4n) is 1.73. The standard InChI is InChI=1S/C9H10F2N2O2S/c10-9(11)16(14,15)13-4-3-6-1-2-7(12)5-8(6)13/h1-2,5,9H,3-4,12H2. The molecule has 0 atom stereocenters. The van der Waals surface area contributed by atoms with E-state index in [1.54, 1.807) is 12.1 Å². The fourth-order valence-corrected chi connectivity index (χ4v) is 2.71. The third-order valence-electron chi connectivity index (χ3n) is 2.49. The van der Waals surface area contributed by atoms with Gasteiger partial charge in [0.05, 0.1) is 5.69 Å². The first-order valence-corrected chi connectivity index (χ1v) is 6.11. The van der Waals surface area contributed by atoms with Gasteiger partial charge in [0.2, 0.25) is 0 Å². The van der Waals surface area contributed by atoms with Crippen molar-refractivity contribution in [1.29, 1.82) is 0 Å². The molecule has 1 aliphatic rings. The number of benzene rings is 1. The molecule has 1 aliphatic heterocycles. The molecule has 0 bridgehead atoms. The van der Waals surface area contributed by atoms with Crippen molar-refractivity contribution in [3.05, 3.63) is 23.8 Å². The van der Waals surface area contributed by atoms with Crippen LogP contribution in [-0.2, 0) is 16.4 Å². The first kappa shape index (κ1) is 11.1. The molecule has 0 fully saturated rings. The molecule has 1 aromatic rings. The lowest BCUT2D eigenvalue weighted by molar-refractivity contribution is 0.234. The highest BCUT2D eigenvalue weighted by molar-refractivity contribution is 7.93. The van der Waals surface area contributed by atoms with Gasteiger partial charge in [-0.3, -0.25) is 4.31 Å². The minimum absolute atomic E-state index is 0.0471. The molecular formula is C9H10F2N2O2S. The Morgan fingerprint density at radius 1 is 1.38 bits per heavy atom. The van der Waals surface area contributed by atoms with Crippen molar-refractivity contribution in [2.24, 2.45) is 0 Å². The monoisotopic (exact) mass is 248 g/mol. The number of nitrogen functional groups attached to an aromatic ring is 1.